The van der Waals surface area contributed by atoms with E-state index < -0.39 is 8.32 Å². The number of Topliss-reactive ketones (excluding diaryl/α,β-unsaturated/α-hetero) is 1. The maximum atomic E-state index is 13.2. The highest BCUT2D eigenvalue weighted by atomic mass is 28.4. The van der Waals surface area contributed by atoms with Crippen LogP contribution in [0.15, 0.2) is 91.0 Å². The number of rotatable bonds is 16. The molecule has 4 rings (SSSR count). The van der Waals surface area contributed by atoms with Gasteiger partial charge in [0.1, 0.15) is 5.78 Å². The number of hydrogen-bond acceptors (Lipinski definition) is 4. The monoisotopic (exact) mass is 656 g/mol. The second-order valence-electron chi connectivity index (χ2n) is 15.0. The van der Waals surface area contributed by atoms with Gasteiger partial charge >= 0.3 is 0 Å². The van der Waals surface area contributed by atoms with E-state index in [9.17, 15) is 4.79 Å². The molecule has 0 spiro atoms. The lowest BCUT2D eigenvalue weighted by atomic mass is 9.78. The first kappa shape index (κ1) is 37.2. The molecule has 0 aromatic heterocycles. The second-order valence-corrected chi connectivity index (χ2v) is 19.3. The molecule has 0 N–H and O–H groups in total. The van der Waals surface area contributed by atoms with Gasteiger partial charge in [-0.15, -0.1) is 0 Å². The Labute approximate surface area is 286 Å². The molecule has 1 saturated heterocycles. The van der Waals surface area contributed by atoms with Gasteiger partial charge in [0.2, 0.25) is 0 Å². The molecule has 0 amide bonds. The van der Waals surface area contributed by atoms with Gasteiger partial charge in [-0.25, -0.2) is 0 Å². The number of ether oxygens (including phenoxy) is 2. The van der Waals surface area contributed by atoms with Crippen LogP contribution in [-0.2, 0) is 25.3 Å². The van der Waals surface area contributed by atoms with Crippen molar-refractivity contribution in [1.82, 2.24) is 0 Å². The average molecular weight is 657 g/mol. The fraction of sp³-hybridized carbons (Fsp3) is 0.548. The molecule has 0 aliphatic carbocycles. The molecule has 3 aromatic carbocycles. The van der Waals surface area contributed by atoms with E-state index in [-0.39, 0.29) is 46.9 Å². The second kappa shape index (κ2) is 17.2. The quantitative estimate of drug-likeness (QED) is 0.144. The van der Waals surface area contributed by atoms with E-state index in [4.69, 9.17) is 13.9 Å². The summed E-state index contributed by atoms with van der Waals surface area (Å²) in [6.45, 7) is 19.1. The topological polar surface area (TPSA) is 44.8 Å². The maximum absolute atomic E-state index is 13.2. The van der Waals surface area contributed by atoms with Crippen LogP contribution in [0.5, 0.6) is 0 Å². The van der Waals surface area contributed by atoms with Crippen molar-refractivity contribution in [2.45, 2.75) is 117 Å². The zero-order chi connectivity index (χ0) is 34.0. The smallest absolute Gasteiger partial charge is 0.261 e. The summed E-state index contributed by atoms with van der Waals surface area (Å²) in [5, 5.41) is 2.54. The molecule has 0 saturated carbocycles. The van der Waals surface area contributed by atoms with Crippen LogP contribution in [0.1, 0.15) is 93.1 Å². The summed E-state index contributed by atoms with van der Waals surface area (Å²) in [6.07, 6.45) is 4.42. The van der Waals surface area contributed by atoms with Crippen LogP contribution < -0.4 is 10.4 Å². The van der Waals surface area contributed by atoms with E-state index in [1.165, 1.54) is 10.4 Å². The minimum absolute atomic E-state index is 0.00770. The van der Waals surface area contributed by atoms with Crippen molar-refractivity contribution in [3.8, 4) is 0 Å². The van der Waals surface area contributed by atoms with Crippen LogP contribution >= 0.6 is 0 Å². The van der Waals surface area contributed by atoms with Crippen molar-refractivity contribution < 1.29 is 18.7 Å². The number of benzene rings is 3. The van der Waals surface area contributed by atoms with E-state index >= 15 is 0 Å². The molecule has 5 heteroatoms. The SMILES string of the molecule is CCCC(=O)[C@@H](C)[C@@H](OCc1ccccc1)[C@H](C)[C@@H]1O[C@@H]([C@@H](CC)CO[Si](c2ccccc2)(c2ccccc2)C(C)(C)C)CC[C@@H]1C. The van der Waals surface area contributed by atoms with E-state index in [2.05, 4.69) is 128 Å². The Kier molecular flexibility index (Phi) is 13.6. The summed E-state index contributed by atoms with van der Waals surface area (Å²) in [6, 6.07) is 32.1. The summed E-state index contributed by atoms with van der Waals surface area (Å²) < 4.78 is 21.2. The molecule has 0 unspecified atom stereocenters. The third kappa shape index (κ3) is 8.92. The van der Waals surface area contributed by atoms with Crippen molar-refractivity contribution in [2.24, 2.45) is 23.7 Å². The molecule has 0 radical (unpaired) electrons. The third-order valence-corrected chi connectivity index (χ3v) is 15.6. The first-order valence-corrected chi connectivity index (χ1v) is 20.0. The van der Waals surface area contributed by atoms with Gasteiger partial charge in [0, 0.05) is 30.8 Å². The Morgan fingerprint density at radius 2 is 1.43 bits per heavy atom. The van der Waals surface area contributed by atoms with E-state index in [0.717, 1.165) is 31.2 Å². The van der Waals surface area contributed by atoms with Gasteiger partial charge in [0.15, 0.2) is 0 Å². The largest absolute Gasteiger partial charge is 0.407 e. The van der Waals surface area contributed by atoms with Crippen LogP contribution in [0, 0.1) is 23.7 Å². The first-order chi connectivity index (χ1) is 22.5. The summed E-state index contributed by atoms with van der Waals surface area (Å²) in [5.74, 6) is 0.810. The Morgan fingerprint density at radius 1 is 0.872 bits per heavy atom. The van der Waals surface area contributed by atoms with Gasteiger partial charge in [-0.05, 0) is 52.6 Å². The summed E-state index contributed by atoms with van der Waals surface area (Å²) in [5.41, 5.74) is 1.13. The summed E-state index contributed by atoms with van der Waals surface area (Å²) in [4.78, 5) is 13.2. The van der Waals surface area contributed by atoms with Gasteiger partial charge < -0.3 is 13.9 Å². The van der Waals surface area contributed by atoms with Crippen molar-refractivity contribution in [1.29, 1.82) is 0 Å². The molecule has 1 aliphatic rings. The molecule has 0 bridgehead atoms. The lowest BCUT2D eigenvalue weighted by Gasteiger charge is -2.46. The Balaban J connectivity index is 1.58. The normalized spacial score (nSPS) is 21.5. The highest BCUT2D eigenvalue weighted by Crippen LogP contribution is 2.40. The molecule has 7 atom stereocenters. The molecular weight excluding hydrogens is 597 g/mol. The molecule has 4 nitrogen and oxygen atoms in total. The zero-order valence-corrected chi connectivity index (χ0v) is 31.3. The molecular formula is C42H60O4Si. The number of hydrogen-bond donors (Lipinski definition) is 0. The van der Waals surface area contributed by atoms with Crippen molar-refractivity contribution in [3.05, 3.63) is 96.6 Å². The molecule has 1 fully saturated rings. The van der Waals surface area contributed by atoms with Crippen LogP contribution in [0.2, 0.25) is 5.04 Å². The number of carbonyl (C=O) groups excluding carboxylic acids is 1. The Hall–Kier alpha value is -2.57. The molecule has 3 aromatic rings. The Bertz CT molecular complexity index is 1300. The number of ketones is 1. The van der Waals surface area contributed by atoms with Crippen LogP contribution in [-0.4, -0.2) is 39.0 Å². The third-order valence-electron chi connectivity index (χ3n) is 10.6. The van der Waals surface area contributed by atoms with Gasteiger partial charge in [-0.3, -0.25) is 4.79 Å². The minimum atomic E-state index is -2.65. The van der Waals surface area contributed by atoms with Gasteiger partial charge in [-0.2, -0.15) is 0 Å². The van der Waals surface area contributed by atoms with E-state index in [0.29, 0.717) is 25.6 Å². The van der Waals surface area contributed by atoms with E-state index in [1.54, 1.807) is 0 Å². The maximum Gasteiger partial charge on any atom is 0.261 e. The molecule has 1 heterocycles. The van der Waals surface area contributed by atoms with E-state index in [1.807, 2.05) is 18.2 Å². The zero-order valence-electron chi connectivity index (χ0n) is 30.3. The van der Waals surface area contributed by atoms with Crippen LogP contribution in [0.4, 0.5) is 0 Å². The molecule has 1 aliphatic heterocycles. The minimum Gasteiger partial charge on any atom is -0.407 e. The fourth-order valence-electron chi connectivity index (χ4n) is 7.83. The Morgan fingerprint density at radius 3 is 1.94 bits per heavy atom. The molecule has 47 heavy (non-hydrogen) atoms. The average Bonchev–Trinajstić information content (AvgIpc) is 3.08. The van der Waals surface area contributed by atoms with Gasteiger partial charge in [0.05, 0.1) is 24.9 Å². The first-order valence-electron chi connectivity index (χ1n) is 18.1. The van der Waals surface area contributed by atoms with Crippen molar-refractivity contribution >= 4 is 24.5 Å². The standard InChI is InChI=1S/C42H60O4Si/c1-9-20-38(43)32(4)41(44-29-34-21-14-11-15-22-34)33(5)40-31(3)27-28-39(46-40)35(10-2)30-45-47(42(6,7)8,36-23-16-12-17-24-36)37-25-18-13-19-26-37/h11-19,21-26,31-33,35,39-41H,9-10,20,27-30H2,1-8H3/t31-,32+,33+,35-,39+,40+,41+/m0/s1. The molecule has 256 valence electrons. The van der Waals surface area contributed by atoms with Crippen molar-refractivity contribution in [2.75, 3.05) is 6.61 Å². The van der Waals surface area contributed by atoms with Crippen LogP contribution in [0.3, 0.4) is 0 Å². The predicted molar refractivity (Wildman–Crippen MR) is 198 cm³/mol. The highest BCUT2D eigenvalue weighted by molar-refractivity contribution is 6.99. The predicted octanol–water partition coefficient (Wildman–Crippen LogP) is 9.00. The summed E-state index contributed by atoms with van der Waals surface area (Å²) >= 11 is 0. The number of carbonyl (C=O) groups is 1. The fourth-order valence-corrected chi connectivity index (χ4v) is 12.4. The van der Waals surface area contributed by atoms with Gasteiger partial charge in [0.25, 0.3) is 8.32 Å². The van der Waals surface area contributed by atoms with Crippen molar-refractivity contribution in [3.63, 3.8) is 0 Å². The lowest BCUT2D eigenvalue weighted by Crippen LogP contribution is -2.67. The lowest BCUT2D eigenvalue weighted by molar-refractivity contribution is -0.164. The van der Waals surface area contributed by atoms with Gasteiger partial charge in [-0.1, -0.05) is 146 Å². The summed E-state index contributed by atoms with van der Waals surface area (Å²) in [7, 11) is -2.65. The van der Waals surface area contributed by atoms with Crippen LogP contribution in [0.25, 0.3) is 0 Å². The highest BCUT2D eigenvalue weighted by Gasteiger charge is 2.51.